The van der Waals surface area contributed by atoms with E-state index in [1.165, 1.54) is 0 Å². The summed E-state index contributed by atoms with van der Waals surface area (Å²) in [5.74, 6) is 0. The van der Waals surface area contributed by atoms with Gasteiger partial charge in [-0.2, -0.15) is 0 Å². The molecule has 5 heteroatoms. The van der Waals surface area contributed by atoms with E-state index in [-0.39, 0.29) is 34.5 Å². The fraction of sp³-hybridized carbons (Fsp3) is 0.167. The molecule has 0 unspecified atom stereocenters. The van der Waals surface area contributed by atoms with Crippen molar-refractivity contribution in [2.75, 3.05) is 0 Å². The SMILES string of the molecule is CCc1ccc2ccccc2c1S(=O)(=O)[O-].[Na+]. The van der Waals surface area contributed by atoms with Crippen LogP contribution in [0.4, 0.5) is 0 Å². The molecule has 2 aromatic rings. The Hall–Kier alpha value is -0.390. The van der Waals surface area contributed by atoms with Gasteiger partial charge in [-0.3, -0.25) is 0 Å². The minimum atomic E-state index is -4.42. The summed E-state index contributed by atoms with van der Waals surface area (Å²) in [5.41, 5.74) is 0.578. The van der Waals surface area contributed by atoms with Gasteiger partial charge >= 0.3 is 29.6 Å². The summed E-state index contributed by atoms with van der Waals surface area (Å²) in [6, 6.07) is 10.5. The van der Waals surface area contributed by atoms with E-state index in [9.17, 15) is 13.0 Å². The van der Waals surface area contributed by atoms with Crippen molar-refractivity contribution in [3.05, 3.63) is 42.0 Å². The Bertz CT molecular complexity index is 635. The third-order valence-corrected chi connectivity index (χ3v) is 3.57. The van der Waals surface area contributed by atoms with Gasteiger partial charge < -0.3 is 4.55 Å². The van der Waals surface area contributed by atoms with E-state index in [2.05, 4.69) is 0 Å². The van der Waals surface area contributed by atoms with Crippen LogP contribution in [0.5, 0.6) is 0 Å². The van der Waals surface area contributed by atoms with Crippen LogP contribution < -0.4 is 29.6 Å². The van der Waals surface area contributed by atoms with Crippen LogP contribution in [-0.4, -0.2) is 13.0 Å². The summed E-state index contributed by atoms with van der Waals surface area (Å²) in [6.45, 7) is 1.83. The maximum absolute atomic E-state index is 11.3. The molecule has 0 aliphatic rings. The third kappa shape index (κ3) is 2.89. The fourth-order valence-electron chi connectivity index (χ4n) is 1.86. The number of aryl methyl sites for hydroxylation is 1. The Labute approximate surface area is 123 Å². The van der Waals surface area contributed by atoms with Crippen LogP contribution in [0.3, 0.4) is 0 Å². The maximum Gasteiger partial charge on any atom is 1.00 e. The van der Waals surface area contributed by atoms with Crippen LogP contribution in [0.2, 0.25) is 0 Å². The molecule has 0 heterocycles. The molecule has 0 saturated carbocycles. The average molecular weight is 258 g/mol. The molecule has 2 aromatic carbocycles. The van der Waals surface area contributed by atoms with Gasteiger partial charge in [0.1, 0.15) is 10.1 Å². The van der Waals surface area contributed by atoms with Gasteiger partial charge in [0, 0.05) is 0 Å². The quantitative estimate of drug-likeness (QED) is 0.529. The van der Waals surface area contributed by atoms with E-state index in [0.717, 1.165) is 5.39 Å². The average Bonchev–Trinajstić information content (AvgIpc) is 2.26. The van der Waals surface area contributed by atoms with E-state index < -0.39 is 10.1 Å². The minimum absolute atomic E-state index is 0. The van der Waals surface area contributed by atoms with Gasteiger partial charge in [0.15, 0.2) is 0 Å². The summed E-state index contributed by atoms with van der Waals surface area (Å²) >= 11 is 0. The first kappa shape index (κ1) is 14.7. The first-order valence-electron chi connectivity index (χ1n) is 5.00. The van der Waals surface area contributed by atoms with Crippen molar-refractivity contribution < 1.29 is 42.5 Å². The Kier molecular flexibility index (Phi) is 4.75. The van der Waals surface area contributed by atoms with Crippen molar-refractivity contribution in [2.45, 2.75) is 18.2 Å². The van der Waals surface area contributed by atoms with Crippen molar-refractivity contribution in [3.63, 3.8) is 0 Å². The molecule has 0 atom stereocenters. The van der Waals surface area contributed by atoms with E-state index in [1.807, 2.05) is 19.1 Å². The molecule has 0 aliphatic carbocycles. The molecule has 0 radical (unpaired) electrons. The zero-order valence-electron chi connectivity index (χ0n) is 9.80. The standard InChI is InChI=1S/C12H12O3S.Na/c1-2-9-7-8-10-5-3-4-6-11(10)12(9)16(13,14)15;/h3-8H,2H2,1H3,(H,13,14,15);/q;+1/p-1. The van der Waals surface area contributed by atoms with Gasteiger partial charge in [0.05, 0.1) is 4.90 Å². The predicted octanol–water partition coefficient (Wildman–Crippen LogP) is -0.690. The van der Waals surface area contributed by atoms with Crippen molar-refractivity contribution in [3.8, 4) is 0 Å². The first-order valence-corrected chi connectivity index (χ1v) is 6.41. The van der Waals surface area contributed by atoms with Gasteiger partial charge in [-0.15, -0.1) is 0 Å². The van der Waals surface area contributed by atoms with Crippen LogP contribution in [0.25, 0.3) is 10.8 Å². The summed E-state index contributed by atoms with van der Waals surface area (Å²) < 4.78 is 33.8. The molecule has 0 bridgehead atoms. The van der Waals surface area contributed by atoms with Crippen molar-refractivity contribution in [2.24, 2.45) is 0 Å². The largest absolute Gasteiger partial charge is 1.00 e. The van der Waals surface area contributed by atoms with Gasteiger partial charge in [0.25, 0.3) is 0 Å². The predicted molar refractivity (Wildman–Crippen MR) is 61.3 cm³/mol. The zero-order valence-corrected chi connectivity index (χ0v) is 12.6. The monoisotopic (exact) mass is 258 g/mol. The molecule has 0 fully saturated rings. The number of hydrogen-bond acceptors (Lipinski definition) is 3. The number of rotatable bonds is 2. The molecule has 3 nitrogen and oxygen atoms in total. The maximum atomic E-state index is 11.3. The molecule has 2 rings (SSSR count). The van der Waals surface area contributed by atoms with Crippen LogP contribution >= 0.6 is 0 Å². The van der Waals surface area contributed by atoms with E-state index in [0.29, 0.717) is 17.4 Å². The molecule has 0 aliphatic heterocycles. The fourth-order valence-corrected chi connectivity index (χ4v) is 2.85. The van der Waals surface area contributed by atoms with Crippen LogP contribution in [0.1, 0.15) is 12.5 Å². The van der Waals surface area contributed by atoms with Crippen LogP contribution in [0, 0.1) is 0 Å². The van der Waals surface area contributed by atoms with E-state index in [1.54, 1.807) is 24.3 Å². The summed E-state index contributed by atoms with van der Waals surface area (Å²) in [4.78, 5) is -0.0758. The Balaban J connectivity index is 0.00000144. The number of hydrogen-bond donors (Lipinski definition) is 0. The molecule has 84 valence electrons. The summed E-state index contributed by atoms with van der Waals surface area (Å²) in [5, 5.41) is 1.28. The van der Waals surface area contributed by atoms with Crippen LogP contribution in [0.15, 0.2) is 41.3 Å². The van der Waals surface area contributed by atoms with Gasteiger partial charge in [-0.1, -0.05) is 43.3 Å². The third-order valence-electron chi connectivity index (χ3n) is 2.59. The van der Waals surface area contributed by atoms with Gasteiger partial charge in [0.2, 0.25) is 0 Å². The number of fused-ring (bicyclic) bond motifs is 1. The molecule has 0 saturated heterocycles. The molecule has 17 heavy (non-hydrogen) atoms. The molecule has 0 aromatic heterocycles. The zero-order chi connectivity index (χ0) is 11.8. The molecule has 0 N–H and O–H groups in total. The minimum Gasteiger partial charge on any atom is -0.744 e. The Morgan fingerprint density at radius 2 is 1.76 bits per heavy atom. The second-order valence-corrected chi connectivity index (χ2v) is 4.90. The summed E-state index contributed by atoms with van der Waals surface area (Å²) in [7, 11) is -4.42. The van der Waals surface area contributed by atoms with E-state index >= 15 is 0 Å². The van der Waals surface area contributed by atoms with Gasteiger partial charge in [-0.25, -0.2) is 8.42 Å². The smallest absolute Gasteiger partial charge is 0.744 e. The Morgan fingerprint density at radius 3 is 2.35 bits per heavy atom. The Morgan fingerprint density at radius 1 is 1.12 bits per heavy atom. The molecular weight excluding hydrogens is 247 g/mol. The second-order valence-electron chi connectivity index (χ2n) is 3.58. The van der Waals surface area contributed by atoms with Crippen LogP contribution in [-0.2, 0) is 16.5 Å². The normalized spacial score (nSPS) is 11.2. The summed E-state index contributed by atoms with van der Waals surface area (Å²) in [6.07, 6.45) is 0.529. The van der Waals surface area contributed by atoms with Crippen molar-refractivity contribution in [1.29, 1.82) is 0 Å². The molecule has 0 spiro atoms. The number of benzene rings is 2. The first-order chi connectivity index (χ1) is 7.54. The molecular formula is C12H11NaO3S. The topological polar surface area (TPSA) is 57.2 Å². The van der Waals surface area contributed by atoms with E-state index in [4.69, 9.17) is 0 Å². The van der Waals surface area contributed by atoms with Crippen molar-refractivity contribution in [1.82, 2.24) is 0 Å². The van der Waals surface area contributed by atoms with Gasteiger partial charge in [-0.05, 0) is 22.8 Å². The molecule has 0 amide bonds. The second kappa shape index (κ2) is 5.50. The van der Waals surface area contributed by atoms with Crippen molar-refractivity contribution >= 4 is 20.9 Å².